The van der Waals surface area contributed by atoms with E-state index in [1.165, 1.54) is 0 Å². The minimum Gasteiger partial charge on any atom is -0.326 e. The lowest BCUT2D eigenvalue weighted by Gasteiger charge is -2.21. The lowest BCUT2D eigenvalue weighted by molar-refractivity contribution is 0.343. The highest BCUT2D eigenvalue weighted by atomic mass is 35.5. The van der Waals surface area contributed by atoms with Gasteiger partial charge >= 0.3 is 0 Å². The number of halogens is 2. The highest BCUT2D eigenvalue weighted by molar-refractivity contribution is 6.35. The molecule has 2 rings (SSSR count). The molecule has 0 bridgehead atoms. The molecule has 0 fully saturated rings. The van der Waals surface area contributed by atoms with Crippen LogP contribution in [0, 0.1) is 5.41 Å². The second-order valence-electron chi connectivity index (χ2n) is 5.72. The van der Waals surface area contributed by atoms with Gasteiger partial charge < -0.3 is 4.57 Å². The quantitative estimate of drug-likeness (QED) is 0.758. The third-order valence-corrected chi connectivity index (χ3v) is 3.24. The Morgan fingerprint density at radius 3 is 2.61 bits per heavy atom. The second-order valence-corrected chi connectivity index (χ2v) is 6.51. The van der Waals surface area contributed by atoms with Gasteiger partial charge in [0.1, 0.15) is 5.82 Å². The van der Waals surface area contributed by atoms with E-state index in [0.29, 0.717) is 5.88 Å². The van der Waals surface area contributed by atoms with Gasteiger partial charge in [0.2, 0.25) is 0 Å². The Hall–Kier alpha value is -0.730. The molecular weight excluding hydrogens is 267 g/mol. The van der Waals surface area contributed by atoms with Crippen LogP contribution in [0.15, 0.2) is 18.2 Å². The molecule has 2 nitrogen and oxygen atoms in total. The Morgan fingerprint density at radius 2 is 2.00 bits per heavy atom. The molecule has 0 atom stereocenters. The molecule has 98 valence electrons. The van der Waals surface area contributed by atoms with Gasteiger partial charge in [-0.15, -0.1) is 11.6 Å². The molecule has 18 heavy (non-hydrogen) atoms. The molecule has 1 aromatic heterocycles. The highest BCUT2D eigenvalue weighted by Gasteiger charge is 2.18. The van der Waals surface area contributed by atoms with Gasteiger partial charge in [-0.05, 0) is 17.5 Å². The number of nitrogens with zero attached hydrogens (tertiary/aromatic N) is 2. The molecule has 2 aromatic rings. The molecule has 0 N–H and O–H groups in total. The first-order valence-corrected chi connectivity index (χ1v) is 7.03. The van der Waals surface area contributed by atoms with Crippen molar-refractivity contribution < 1.29 is 0 Å². The molecule has 0 radical (unpaired) electrons. The Morgan fingerprint density at radius 1 is 1.28 bits per heavy atom. The molecular formula is C14H18Cl2N2. The standard InChI is InChI=1S/C14H18Cl2N2/c1-14(2,3)9-18-12(7-8-15)17-11-6-4-5-10(16)13(11)18/h4-6H,7-9H2,1-3H3. The number of hydrogen-bond donors (Lipinski definition) is 0. The number of benzene rings is 1. The van der Waals surface area contributed by atoms with Crippen LogP contribution in [-0.4, -0.2) is 15.4 Å². The van der Waals surface area contributed by atoms with Crippen molar-refractivity contribution in [3.05, 3.63) is 29.0 Å². The summed E-state index contributed by atoms with van der Waals surface area (Å²) in [4.78, 5) is 4.64. The summed E-state index contributed by atoms with van der Waals surface area (Å²) in [5, 5.41) is 0.755. The smallest absolute Gasteiger partial charge is 0.111 e. The maximum atomic E-state index is 6.31. The van der Waals surface area contributed by atoms with Gasteiger partial charge in [-0.2, -0.15) is 0 Å². The third kappa shape index (κ3) is 2.81. The molecule has 0 saturated heterocycles. The molecule has 1 aromatic carbocycles. The maximum absolute atomic E-state index is 6.31. The van der Waals surface area contributed by atoms with Gasteiger partial charge in [0.05, 0.1) is 16.1 Å². The first-order chi connectivity index (χ1) is 8.42. The van der Waals surface area contributed by atoms with Crippen LogP contribution in [0.3, 0.4) is 0 Å². The largest absolute Gasteiger partial charge is 0.326 e. The van der Waals surface area contributed by atoms with Gasteiger partial charge in [-0.1, -0.05) is 38.4 Å². The lowest BCUT2D eigenvalue weighted by Crippen LogP contribution is -2.17. The van der Waals surface area contributed by atoms with Gasteiger partial charge in [-0.3, -0.25) is 0 Å². The van der Waals surface area contributed by atoms with E-state index in [4.69, 9.17) is 23.2 Å². The number of rotatable bonds is 3. The lowest BCUT2D eigenvalue weighted by atomic mass is 9.96. The van der Waals surface area contributed by atoms with E-state index in [0.717, 1.165) is 34.8 Å². The number of aromatic nitrogens is 2. The predicted molar refractivity (Wildman–Crippen MR) is 78.6 cm³/mol. The summed E-state index contributed by atoms with van der Waals surface area (Å²) >= 11 is 12.2. The molecule has 0 saturated carbocycles. The van der Waals surface area contributed by atoms with E-state index in [9.17, 15) is 0 Å². The van der Waals surface area contributed by atoms with Crippen molar-refractivity contribution in [2.24, 2.45) is 5.41 Å². The molecule has 0 aliphatic rings. The summed E-state index contributed by atoms with van der Waals surface area (Å²) in [5.74, 6) is 1.59. The van der Waals surface area contributed by atoms with Gasteiger partial charge in [0.25, 0.3) is 0 Å². The average Bonchev–Trinajstić information content (AvgIpc) is 2.56. The van der Waals surface area contributed by atoms with Gasteiger partial charge in [-0.25, -0.2) is 4.98 Å². The van der Waals surface area contributed by atoms with Crippen molar-refractivity contribution in [3.63, 3.8) is 0 Å². The van der Waals surface area contributed by atoms with Crippen LogP contribution >= 0.6 is 23.2 Å². The van der Waals surface area contributed by atoms with Crippen LogP contribution in [0.2, 0.25) is 5.02 Å². The number of alkyl halides is 1. The number of fused-ring (bicyclic) bond motifs is 1. The first-order valence-electron chi connectivity index (χ1n) is 6.12. The Bertz CT molecular complexity index is 553. The summed E-state index contributed by atoms with van der Waals surface area (Å²) in [6, 6.07) is 5.84. The predicted octanol–water partition coefficient (Wildman–Crippen LogP) is 4.52. The third-order valence-electron chi connectivity index (χ3n) is 2.75. The summed E-state index contributed by atoms with van der Waals surface area (Å²) in [5.41, 5.74) is 2.15. The average molecular weight is 285 g/mol. The highest BCUT2D eigenvalue weighted by Crippen LogP contribution is 2.28. The summed E-state index contributed by atoms with van der Waals surface area (Å²) in [7, 11) is 0. The zero-order valence-electron chi connectivity index (χ0n) is 11.0. The van der Waals surface area contributed by atoms with E-state index in [2.05, 4.69) is 30.3 Å². The second kappa shape index (κ2) is 5.10. The van der Waals surface area contributed by atoms with Crippen LogP contribution in [0.1, 0.15) is 26.6 Å². The SMILES string of the molecule is CC(C)(C)Cn1c(CCCl)nc2cccc(Cl)c21. The molecule has 0 aliphatic heterocycles. The fraction of sp³-hybridized carbons (Fsp3) is 0.500. The topological polar surface area (TPSA) is 17.8 Å². The van der Waals surface area contributed by atoms with Crippen LogP contribution in [-0.2, 0) is 13.0 Å². The van der Waals surface area contributed by atoms with Crippen LogP contribution < -0.4 is 0 Å². The fourth-order valence-corrected chi connectivity index (χ4v) is 2.55. The Kier molecular flexibility index (Phi) is 3.88. The normalized spacial score (nSPS) is 12.3. The van der Waals surface area contributed by atoms with Gasteiger partial charge in [0.15, 0.2) is 0 Å². The van der Waals surface area contributed by atoms with E-state index in [1.807, 2.05) is 18.2 Å². The zero-order chi connectivity index (χ0) is 13.3. The number of para-hydroxylation sites is 1. The Labute approximate surface area is 118 Å². The van der Waals surface area contributed by atoms with Crippen LogP contribution in [0.4, 0.5) is 0 Å². The maximum Gasteiger partial charge on any atom is 0.111 e. The van der Waals surface area contributed by atoms with Crippen LogP contribution in [0.25, 0.3) is 11.0 Å². The van der Waals surface area contributed by atoms with Crippen LogP contribution in [0.5, 0.6) is 0 Å². The summed E-state index contributed by atoms with van der Waals surface area (Å²) < 4.78 is 2.21. The number of hydrogen-bond acceptors (Lipinski definition) is 1. The van der Waals surface area contributed by atoms with Crippen molar-refractivity contribution >= 4 is 34.2 Å². The summed E-state index contributed by atoms with van der Waals surface area (Å²) in [6.45, 7) is 7.51. The van der Waals surface area contributed by atoms with Crippen molar-refractivity contribution in [2.75, 3.05) is 5.88 Å². The van der Waals surface area contributed by atoms with E-state index < -0.39 is 0 Å². The van der Waals surface area contributed by atoms with E-state index >= 15 is 0 Å². The molecule has 0 unspecified atom stereocenters. The van der Waals surface area contributed by atoms with E-state index in [1.54, 1.807) is 0 Å². The molecule has 1 heterocycles. The Balaban J connectivity index is 2.61. The van der Waals surface area contributed by atoms with Crippen molar-refractivity contribution in [3.8, 4) is 0 Å². The molecule has 4 heteroatoms. The minimum absolute atomic E-state index is 0.174. The molecule has 0 spiro atoms. The number of aryl methyl sites for hydroxylation is 1. The molecule has 0 amide bonds. The van der Waals surface area contributed by atoms with Gasteiger partial charge in [0, 0.05) is 18.8 Å². The van der Waals surface area contributed by atoms with Crippen molar-refractivity contribution in [1.29, 1.82) is 0 Å². The monoisotopic (exact) mass is 284 g/mol. The molecule has 0 aliphatic carbocycles. The van der Waals surface area contributed by atoms with E-state index in [-0.39, 0.29) is 5.41 Å². The number of imidazole rings is 1. The van der Waals surface area contributed by atoms with Crippen molar-refractivity contribution in [2.45, 2.75) is 33.7 Å². The summed E-state index contributed by atoms with van der Waals surface area (Å²) in [6.07, 6.45) is 0.767. The van der Waals surface area contributed by atoms with Crippen molar-refractivity contribution in [1.82, 2.24) is 9.55 Å². The minimum atomic E-state index is 0.174. The first kappa shape index (κ1) is 13.7. The fourth-order valence-electron chi connectivity index (χ4n) is 2.11. The zero-order valence-corrected chi connectivity index (χ0v) is 12.5.